The van der Waals surface area contributed by atoms with Gasteiger partial charge in [-0.15, -0.1) is 0 Å². The van der Waals surface area contributed by atoms with Crippen molar-refractivity contribution in [2.75, 3.05) is 5.75 Å². The van der Waals surface area contributed by atoms with E-state index in [0.29, 0.717) is 0 Å². The van der Waals surface area contributed by atoms with E-state index in [2.05, 4.69) is 53.5 Å². The van der Waals surface area contributed by atoms with Crippen LogP contribution in [-0.2, 0) is 4.79 Å². The van der Waals surface area contributed by atoms with E-state index in [1.165, 1.54) is 33.6 Å². The Morgan fingerprint density at radius 2 is 1.95 bits per heavy atom. The average molecular weight is 295 g/mol. The van der Waals surface area contributed by atoms with Crippen molar-refractivity contribution in [1.82, 2.24) is 4.98 Å². The van der Waals surface area contributed by atoms with Crippen LogP contribution in [0.3, 0.4) is 0 Å². The number of para-hydroxylation sites is 1. The quantitative estimate of drug-likeness (QED) is 0.687. The lowest BCUT2D eigenvalue weighted by Crippen LogP contribution is -1.83. The van der Waals surface area contributed by atoms with E-state index in [1.807, 2.05) is 6.07 Å². The average Bonchev–Trinajstić information content (AvgIpc) is 2.84. The topological polar surface area (TPSA) is 32.9 Å². The van der Waals surface area contributed by atoms with Crippen molar-refractivity contribution in [3.63, 3.8) is 0 Å². The zero-order valence-corrected chi connectivity index (χ0v) is 12.7. The molecule has 0 aliphatic carbocycles. The van der Waals surface area contributed by atoms with E-state index in [0.717, 1.165) is 17.7 Å². The number of benzene rings is 2. The third kappa shape index (κ3) is 3.19. The number of hydrogen-bond donors (Lipinski definition) is 1. The number of allylic oxidation sites excluding steroid dienone is 1. The van der Waals surface area contributed by atoms with Crippen molar-refractivity contribution in [1.29, 1.82) is 0 Å². The second-order valence-electron chi connectivity index (χ2n) is 5.01. The molecule has 0 amide bonds. The molecule has 0 saturated carbocycles. The Kier molecular flexibility index (Phi) is 4.11. The van der Waals surface area contributed by atoms with Gasteiger partial charge in [-0.3, -0.25) is 4.79 Å². The van der Waals surface area contributed by atoms with Crippen molar-refractivity contribution in [3.8, 4) is 0 Å². The Morgan fingerprint density at radius 3 is 2.81 bits per heavy atom. The van der Waals surface area contributed by atoms with Gasteiger partial charge in [-0.25, -0.2) is 0 Å². The smallest absolute Gasteiger partial charge is 0.185 e. The highest BCUT2D eigenvalue weighted by Gasteiger charge is 2.02. The molecule has 1 aromatic heterocycles. The maximum absolute atomic E-state index is 10.8. The highest BCUT2D eigenvalue weighted by molar-refractivity contribution is 8.13. The fraction of sp³-hybridized carbons (Fsp3) is 0.167. The van der Waals surface area contributed by atoms with E-state index >= 15 is 0 Å². The molecular formula is C18H17NOS. The van der Waals surface area contributed by atoms with Crippen LogP contribution in [0.15, 0.2) is 48.5 Å². The molecule has 1 N–H and O–H groups in total. The van der Waals surface area contributed by atoms with Gasteiger partial charge in [0.25, 0.3) is 0 Å². The Morgan fingerprint density at radius 1 is 1.14 bits per heavy atom. The number of carbonyl (C=O) groups excluding carboxylic acids is 1. The van der Waals surface area contributed by atoms with Crippen molar-refractivity contribution >= 4 is 44.8 Å². The highest BCUT2D eigenvalue weighted by atomic mass is 32.2. The molecule has 0 spiro atoms. The first-order chi connectivity index (χ1) is 10.2. The number of rotatable bonds is 4. The van der Waals surface area contributed by atoms with Crippen LogP contribution in [0.4, 0.5) is 0 Å². The van der Waals surface area contributed by atoms with Gasteiger partial charge in [0.1, 0.15) is 0 Å². The fourth-order valence-corrected chi connectivity index (χ4v) is 3.01. The number of aromatic amines is 1. The van der Waals surface area contributed by atoms with Crippen LogP contribution in [0.2, 0.25) is 0 Å². The predicted octanol–water partition coefficient (Wildman–Crippen LogP) is 5.00. The van der Waals surface area contributed by atoms with E-state index in [9.17, 15) is 4.79 Å². The van der Waals surface area contributed by atoms with Crippen molar-refractivity contribution in [2.24, 2.45) is 0 Å². The Labute approximate surface area is 128 Å². The normalized spacial score (nSPS) is 11.7. The number of hydrogen-bond acceptors (Lipinski definition) is 2. The molecule has 0 bridgehead atoms. The zero-order valence-electron chi connectivity index (χ0n) is 11.9. The van der Waals surface area contributed by atoms with Crippen LogP contribution >= 0.6 is 11.8 Å². The molecule has 0 fully saturated rings. The fourth-order valence-electron chi connectivity index (χ4n) is 2.47. The van der Waals surface area contributed by atoms with E-state index < -0.39 is 0 Å². The minimum absolute atomic E-state index is 0.183. The van der Waals surface area contributed by atoms with E-state index in [1.54, 1.807) is 6.92 Å². The third-order valence-corrected chi connectivity index (χ3v) is 4.28. The van der Waals surface area contributed by atoms with Crippen LogP contribution in [0.5, 0.6) is 0 Å². The SMILES string of the molecule is CC(=O)SCCC=Cc1ccc2c(c1)[nH]c1ccccc12. The number of fused-ring (bicyclic) bond motifs is 3. The summed E-state index contributed by atoms with van der Waals surface area (Å²) in [4.78, 5) is 14.3. The predicted molar refractivity (Wildman–Crippen MR) is 92.6 cm³/mol. The summed E-state index contributed by atoms with van der Waals surface area (Å²) in [7, 11) is 0. The molecule has 3 aromatic rings. The van der Waals surface area contributed by atoms with Gasteiger partial charge in [-0.1, -0.05) is 54.2 Å². The number of carbonyl (C=O) groups is 1. The van der Waals surface area contributed by atoms with Gasteiger partial charge in [0.05, 0.1) is 0 Å². The van der Waals surface area contributed by atoms with Crippen LogP contribution in [0, 0.1) is 0 Å². The largest absolute Gasteiger partial charge is 0.354 e. The summed E-state index contributed by atoms with van der Waals surface area (Å²) in [6.07, 6.45) is 5.15. The van der Waals surface area contributed by atoms with E-state index in [4.69, 9.17) is 0 Å². The standard InChI is InChI=1S/C18H17NOS/c1-13(20)21-11-5-4-6-14-9-10-16-15-7-2-3-8-17(15)19-18(16)12-14/h2-4,6-10,12,19H,5,11H2,1H3. The maximum atomic E-state index is 10.8. The number of thioether (sulfide) groups is 1. The summed E-state index contributed by atoms with van der Waals surface area (Å²) in [6, 6.07) is 14.8. The summed E-state index contributed by atoms with van der Waals surface area (Å²) in [5.74, 6) is 0.848. The molecule has 0 saturated heterocycles. The molecule has 0 unspecified atom stereocenters. The lowest BCUT2D eigenvalue weighted by Gasteiger charge is -1.96. The van der Waals surface area contributed by atoms with E-state index in [-0.39, 0.29) is 5.12 Å². The molecular weight excluding hydrogens is 278 g/mol. The molecule has 2 nitrogen and oxygen atoms in total. The van der Waals surface area contributed by atoms with Crippen molar-refractivity contribution in [2.45, 2.75) is 13.3 Å². The van der Waals surface area contributed by atoms with Gasteiger partial charge in [0.15, 0.2) is 5.12 Å². The molecule has 3 heteroatoms. The van der Waals surface area contributed by atoms with Crippen LogP contribution in [-0.4, -0.2) is 15.9 Å². The monoisotopic (exact) mass is 295 g/mol. The molecule has 3 rings (SSSR count). The van der Waals surface area contributed by atoms with Gasteiger partial charge in [0.2, 0.25) is 0 Å². The molecule has 0 aliphatic rings. The van der Waals surface area contributed by atoms with Crippen molar-refractivity contribution < 1.29 is 4.79 Å². The Bertz CT molecular complexity index is 816. The van der Waals surface area contributed by atoms with Gasteiger partial charge in [-0.2, -0.15) is 0 Å². The molecule has 0 radical (unpaired) electrons. The lowest BCUT2D eigenvalue weighted by atomic mass is 10.1. The molecule has 0 atom stereocenters. The van der Waals surface area contributed by atoms with Crippen LogP contribution in [0.25, 0.3) is 27.9 Å². The molecule has 21 heavy (non-hydrogen) atoms. The molecule has 0 aliphatic heterocycles. The minimum atomic E-state index is 0.183. The first-order valence-corrected chi connectivity index (χ1v) is 8.03. The first-order valence-electron chi connectivity index (χ1n) is 7.04. The highest BCUT2D eigenvalue weighted by Crippen LogP contribution is 2.26. The van der Waals surface area contributed by atoms with Crippen LogP contribution < -0.4 is 0 Å². The second-order valence-corrected chi connectivity index (χ2v) is 6.28. The third-order valence-electron chi connectivity index (χ3n) is 3.43. The van der Waals surface area contributed by atoms with Crippen molar-refractivity contribution in [3.05, 3.63) is 54.1 Å². The lowest BCUT2D eigenvalue weighted by molar-refractivity contribution is -0.109. The Balaban J connectivity index is 1.79. The molecule has 106 valence electrons. The summed E-state index contributed by atoms with van der Waals surface area (Å²) in [5.41, 5.74) is 3.52. The zero-order chi connectivity index (χ0) is 14.7. The summed E-state index contributed by atoms with van der Waals surface area (Å²) in [5, 5.41) is 2.71. The van der Waals surface area contributed by atoms with Gasteiger partial charge < -0.3 is 4.98 Å². The molecule has 1 heterocycles. The van der Waals surface area contributed by atoms with Gasteiger partial charge in [0, 0.05) is 34.5 Å². The summed E-state index contributed by atoms with van der Waals surface area (Å²) in [6.45, 7) is 1.61. The molecule has 2 aromatic carbocycles. The number of aromatic nitrogens is 1. The summed E-state index contributed by atoms with van der Waals surface area (Å²) < 4.78 is 0. The minimum Gasteiger partial charge on any atom is -0.354 e. The number of H-pyrrole nitrogens is 1. The Hall–Kier alpha value is -2.00. The summed E-state index contributed by atoms with van der Waals surface area (Å²) >= 11 is 1.38. The maximum Gasteiger partial charge on any atom is 0.185 e. The van der Waals surface area contributed by atoms with Gasteiger partial charge >= 0.3 is 0 Å². The van der Waals surface area contributed by atoms with Gasteiger partial charge in [-0.05, 0) is 24.1 Å². The van der Waals surface area contributed by atoms with Crippen LogP contribution in [0.1, 0.15) is 18.9 Å². The second kappa shape index (κ2) is 6.19. The number of nitrogens with one attached hydrogen (secondary N) is 1. The first kappa shape index (κ1) is 14.0.